The van der Waals surface area contributed by atoms with Crippen LogP contribution in [0.2, 0.25) is 0 Å². The molecule has 0 spiro atoms. The third-order valence-corrected chi connectivity index (χ3v) is 4.62. The van der Waals surface area contributed by atoms with E-state index in [1.165, 1.54) is 12.3 Å². The molecule has 1 aliphatic rings. The molecule has 7 heteroatoms. The van der Waals surface area contributed by atoms with Gasteiger partial charge in [0.15, 0.2) is 0 Å². The molecule has 2 heterocycles. The highest BCUT2D eigenvalue weighted by Crippen LogP contribution is 2.31. The van der Waals surface area contributed by atoms with Crippen molar-refractivity contribution >= 4 is 22.8 Å². The van der Waals surface area contributed by atoms with E-state index in [1.54, 1.807) is 12.1 Å². The number of carboxylic acids is 1. The molecule has 1 aliphatic heterocycles. The summed E-state index contributed by atoms with van der Waals surface area (Å²) in [5, 5.41) is 12.7. The fraction of sp³-hybridized carbons (Fsp3) is 0.200. The van der Waals surface area contributed by atoms with Crippen molar-refractivity contribution in [1.29, 1.82) is 0 Å². The molecule has 1 atom stereocenters. The van der Waals surface area contributed by atoms with Crippen molar-refractivity contribution in [2.75, 3.05) is 6.61 Å². The Bertz CT molecular complexity index is 1040. The van der Waals surface area contributed by atoms with Crippen LogP contribution in [0.15, 0.2) is 47.1 Å². The molecule has 0 radical (unpaired) electrons. The van der Waals surface area contributed by atoms with E-state index in [9.17, 15) is 19.1 Å². The Morgan fingerprint density at radius 3 is 2.85 bits per heavy atom. The van der Waals surface area contributed by atoms with E-state index < -0.39 is 23.7 Å². The third kappa shape index (κ3) is 3.12. The van der Waals surface area contributed by atoms with Gasteiger partial charge in [-0.15, -0.1) is 0 Å². The molecule has 2 aromatic carbocycles. The number of fused-ring (bicyclic) bond motifs is 2. The van der Waals surface area contributed by atoms with Crippen molar-refractivity contribution in [2.24, 2.45) is 0 Å². The van der Waals surface area contributed by atoms with Gasteiger partial charge < -0.3 is 19.6 Å². The average molecular weight is 369 g/mol. The van der Waals surface area contributed by atoms with Gasteiger partial charge in [-0.05, 0) is 17.7 Å². The summed E-state index contributed by atoms with van der Waals surface area (Å²) in [6.07, 6.45) is 2.06. The van der Waals surface area contributed by atoms with Gasteiger partial charge in [0.1, 0.15) is 28.8 Å². The molecule has 1 aromatic heterocycles. The Morgan fingerprint density at radius 1 is 1.22 bits per heavy atom. The first kappa shape index (κ1) is 17.1. The number of furan rings is 1. The summed E-state index contributed by atoms with van der Waals surface area (Å²) < 4.78 is 25.0. The van der Waals surface area contributed by atoms with Crippen LogP contribution < -0.4 is 10.1 Å². The maximum absolute atomic E-state index is 14.2. The highest BCUT2D eigenvalue weighted by molar-refractivity contribution is 6.00. The Kier molecular flexibility index (Phi) is 4.27. The number of hydrogen-bond donors (Lipinski definition) is 2. The summed E-state index contributed by atoms with van der Waals surface area (Å²) in [4.78, 5) is 24.3. The van der Waals surface area contributed by atoms with E-state index in [0.29, 0.717) is 24.2 Å². The van der Waals surface area contributed by atoms with Crippen LogP contribution in [0.5, 0.6) is 5.75 Å². The summed E-state index contributed by atoms with van der Waals surface area (Å²) in [5.41, 5.74) is 1.75. The van der Waals surface area contributed by atoms with Gasteiger partial charge in [-0.1, -0.05) is 24.3 Å². The van der Waals surface area contributed by atoms with Gasteiger partial charge >= 0.3 is 5.97 Å². The highest BCUT2D eigenvalue weighted by atomic mass is 19.1. The number of halogens is 1. The minimum atomic E-state index is -1.24. The predicted octanol–water partition coefficient (Wildman–Crippen LogP) is 2.93. The zero-order chi connectivity index (χ0) is 19.0. The van der Waals surface area contributed by atoms with E-state index in [1.807, 2.05) is 18.2 Å². The lowest BCUT2D eigenvalue weighted by molar-refractivity contribution is -0.139. The average Bonchev–Trinajstić information content (AvgIpc) is 3.28. The second-order valence-electron chi connectivity index (χ2n) is 6.33. The number of hydrogen-bond acceptors (Lipinski definition) is 4. The van der Waals surface area contributed by atoms with Crippen LogP contribution in [0.4, 0.5) is 4.39 Å². The molecule has 138 valence electrons. The molecule has 1 amide bonds. The fourth-order valence-corrected chi connectivity index (χ4v) is 3.28. The van der Waals surface area contributed by atoms with E-state index in [-0.39, 0.29) is 17.7 Å². The number of nitrogens with one attached hydrogen (secondary N) is 1. The summed E-state index contributed by atoms with van der Waals surface area (Å²) in [7, 11) is 0. The lowest BCUT2D eigenvalue weighted by atomic mass is 10.0. The number of carboxylic acid groups (broad SMARTS) is 1. The van der Waals surface area contributed by atoms with Crippen LogP contribution in [-0.2, 0) is 17.6 Å². The monoisotopic (exact) mass is 369 g/mol. The third-order valence-electron chi connectivity index (χ3n) is 4.62. The number of para-hydroxylation sites is 1. The number of carbonyl (C=O) groups excluding carboxylic acids is 1. The number of rotatable bonds is 5. The van der Waals surface area contributed by atoms with Gasteiger partial charge in [0.25, 0.3) is 5.91 Å². The minimum absolute atomic E-state index is 0.00951. The number of benzene rings is 2. The lowest BCUT2D eigenvalue weighted by Crippen LogP contribution is -2.42. The van der Waals surface area contributed by atoms with Crippen molar-refractivity contribution in [2.45, 2.75) is 18.9 Å². The minimum Gasteiger partial charge on any atom is -0.492 e. The molecular weight excluding hydrogens is 353 g/mol. The maximum atomic E-state index is 14.2. The summed E-state index contributed by atoms with van der Waals surface area (Å²) >= 11 is 0. The largest absolute Gasteiger partial charge is 0.492 e. The molecular formula is C20H16FNO5. The maximum Gasteiger partial charge on any atom is 0.326 e. The quantitative estimate of drug-likeness (QED) is 0.722. The van der Waals surface area contributed by atoms with E-state index in [4.69, 9.17) is 9.15 Å². The molecule has 27 heavy (non-hydrogen) atoms. The van der Waals surface area contributed by atoms with Gasteiger partial charge in [-0.3, -0.25) is 4.79 Å². The topological polar surface area (TPSA) is 88.8 Å². The Labute approximate surface area is 153 Å². The van der Waals surface area contributed by atoms with Crippen molar-refractivity contribution < 1.29 is 28.2 Å². The highest BCUT2D eigenvalue weighted by Gasteiger charge is 2.29. The van der Waals surface area contributed by atoms with Crippen LogP contribution in [-0.4, -0.2) is 29.6 Å². The van der Waals surface area contributed by atoms with Gasteiger partial charge in [0, 0.05) is 23.8 Å². The second kappa shape index (κ2) is 6.75. The van der Waals surface area contributed by atoms with E-state index >= 15 is 0 Å². The normalized spacial score (nSPS) is 13.8. The molecule has 0 aliphatic carbocycles. The first-order chi connectivity index (χ1) is 13.0. The van der Waals surface area contributed by atoms with Crippen molar-refractivity contribution in [1.82, 2.24) is 5.32 Å². The number of carbonyl (C=O) groups is 2. The summed E-state index contributed by atoms with van der Waals surface area (Å²) in [6, 6.07) is 8.73. The standard InChI is InChI=1S/C20H16FNO5/c21-14-6-5-11-7-8-26-18(11)17(14)19(23)22-15(20(24)25)9-12-10-27-16-4-2-1-3-13(12)16/h1-6,10,15H,7-9H2,(H,22,23)(H,24,25). The van der Waals surface area contributed by atoms with Crippen molar-refractivity contribution in [3.05, 3.63) is 65.2 Å². The molecule has 2 N–H and O–H groups in total. The van der Waals surface area contributed by atoms with Gasteiger partial charge in [-0.25, -0.2) is 9.18 Å². The smallest absolute Gasteiger partial charge is 0.326 e. The number of aliphatic carboxylic acids is 1. The predicted molar refractivity (Wildman–Crippen MR) is 94.4 cm³/mol. The van der Waals surface area contributed by atoms with E-state index in [0.717, 1.165) is 10.9 Å². The molecule has 0 saturated carbocycles. The number of ether oxygens (including phenoxy) is 1. The molecule has 0 fully saturated rings. The van der Waals surface area contributed by atoms with Crippen LogP contribution in [0.3, 0.4) is 0 Å². The van der Waals surface area contributed by atoms with Crippen molar-refractivity contribution in [3.8, 4) is 5.75 Å². The Morgan fingerprint density at radius 2 is 2.04 bits per heavy atom. The molecule has 3 aromatic rings. The van der Waals surface area contributed by atoms with Crippen molar-refractivity contribution in [3.63, 3.8) is 0 Å². The van der Waals surface area contributed by atoms with Crippen LogP contribution in [0.25, 0.3) is 11.0 Å². The Hall–Kier alpha value is -3.35. The van der Waals surface area contributed by atoms with Crippen LogP contribution >= 0.6 is 0 Å². The first-order valence-electron chi connectivity index (χ1n) is 8.47. The van der Waals surface area contributed by atoms with Gasteiger partial charge in [-0.2, -0.15) is 0 Å². The second-order valence-corrected chi connectivity index (χ2v) is 6.33. The Balaban J connectivity index is 1.60. The van der Waals surface area contributed by atoms with E-state index in [2.05, 4.69) is 5.32 Å². The molecule has 6 nitrogen and oxygen atoms in total. The molecule has 1 unspecified atom stereocenters. The SMILES string of the molecule is O=C(NC(Cc1coc2ccccc12)C(=O)O)c1c(F)ccc2c1OCC2. The van der Waals surface area contributed by atoms with Gasteiger partial charge in [0.05, 0.1) is 12.9 Å². The fourth-order valence-electron chi connectivity index (χ4n) is 3.28. The zero-order valence-electron chi connectivity index (χ0n) is 14.2. The number of amides is 1. The van der Waals surface area contributed by atoms with Gasteiger partial charge in [0.2, 0.25) is 0 Å². The van der Waals surface area contributed by atoms with Crippen LogP contribution in [0, 0.1) is 5.82 Å². The summed E-state index contributed by atoms with van der Waals surface area (Å²) in [6.45, 7) is 0.364. The lowest BCUT2D eigenvalue weighted by Gasteiger charge is -2.16. The summed E-state index contributed by atoms with van der Waals surface area (Å²) in [5.74, 6) is -2.59. The molecule has 4 rings (SSSR count). The zero-order valence-corrected chi connectivity index (χ0v) is 14.2. The molecule has 0 saturated heterocycles. The van der Waals surface area contributed by atoms with Crippen LogP contribution in [0.1, 0.15) is 21.5 Å². The first-order valence-corrected chi connectivity index (χ1v) is 8.47. The molecule has 0 bridgehead atoms.